The van der Waals surface area contributed by atoms with Crippen LogP contribution in [0.1, 0.15) is 12.6 Å². The van der Waals surface area contributed by atoms with E-state index in [4.69, 9.17) is 8.94 Å². The van der Waals surface area contributed by atoms with Crippen molar-refractivity contribution in [3.8, 4) is 11.5 Å². The van der Waals surface area contributed by atoms with Crippen LogP contribution in [-0.2, 0) is 6.42 Å². The molecule has 0 unspecified atom stereocenters. The van der Waals surface area contributed by atoms with E-state index in [0.29, 0.717) is 5.76 Å². The van der Waals surface area contributed by atoms with Gasteiger partial charge in [0.15, 0.2) is 5.76 Å². The van der Waals surface area contributed by atoms with Crippen molar-refractivity contribution in [1.29, 1.82) is 0 Å². The Bertz CT molecular complexity index is 348. The summed E-state index contributed by atoms with van der Waals surface area (Å²) < 4.78 is 10.2. The number of hydrogen-bond acceptors (Lipinski definition) is 3. The number of nitrogens with zero attached hydrogens (tertiary/aromatic N) is 1. The Balaban J connectivity index is 2.35. The fraction of sp³-hybridized carbons (Fsp3) is 0.222. The molecule has 3 heteroatoms. The number of hydrogen-bond donors (Lipinski definition) is 0. The highest BCUT2D eigenvalue weighted by Crippen LogP contribution is 2.20. The van der Waals surface area contributed by atoms with Gasteiger partial charge in [0.2, 0.25) is 5.76 Å². The fourth-order valence-electron chi connectivity index (χ4n) is 1.01. The van der Waals surface area contributed by atoms with Crippen LogP contribution in [0.2, 0.25) is 0 Å². The molecule has 0 saturated heterocycles. The molecule has 0 bridgehead atoms. The lowest BCUT2D eigenvalue weighted by Gasteiger charge is -1.83. The van der Waals surface area contributed by atoms with Gasteiger partial charge in [0.05, 0.1) is 12.0 Å². The summed E-state index contributed by atoms with van der Waals surface area (Å²) in [6, 6.07) is 5.56. The zero-order valence-electron chi connectivity index (χ0n) is 6.78. The lowest BCUT2D eigenvalue weighted by atomic mass is 10.3. The summed E-state index contributed by atoms with van der Waals surface area (Å²) in [5, 5.41) is 3.86. The van der Waals surface area contributed by atoms with Crippen LogP contribution in [0, 0.1) is 0 Å². The van der Waals surface area contributed by atoms with E-state index in [-0.39, 0.29) is 0 Å². The fourth-order valence-corrected chi connectivity index (χ4v) is 1.01. The summed E-state index contributed by atoms with van der Waals surface area (Å²) >= 11 is 0. The number of rotatable bonds is 2. The lowest BCUT2D eigenvalue weighted by molar-refractivity contribution is 0.411. The molecular weight excluding hydrogens is 154 g/mol. The highest BCUT2D eigenvalue weighted by molar-refractivity contribution is 5.49. The molecular formula is C9H9NO2. The average Bonchev–Trinajstić information content (AvgIpc) is 2.75. The Hall–Kier alpha value is -1.51. The second-order valence-electron chi connectivity index (χ2n) is 2.51. The van der Waals surface area contributed by atoms with Gasteiger partial charge in [-0.15, -0.1) is 0 Å². The Morgan fingerprint density at radius 1 is 1.42 bits per heavy atom. The van der Waals surface area contributed by atoms with E-state index >= 15 is 0 Å². The molecule has 62 valence electrons. The summed E-state index contributed by atoms with van der Waals surface area (Å²) in [6.45, 7) is 2.03. The summed E-state index contributed by atoms with van der Waals surface area (Å²) in [7, 11) is 0. The van der Waals surface area contributed by atoms with E-state index in [2.05, 4.69) is 5.16 Å². The average molecular weight is 163 g/mol. The molecule has 0 N–H and O–H groups in total. The number of furan rings is 1. The molecule has 12 heavy (non-hydrogen) atoms. The van der Waals surface area contributed by atoms with Gasteiger partial charge in [-0.25, -0.2) is 0 Å². The van der Waals surface area contributed by atoms with Crippen molar-refractivity contribution in [3.05, 3.63) is 30.2 Å². The summed E-state index contributed by atoms with van der Waals surface area (Å²) in [6.07, 6.45) is 2.49. The third-order valence-corrected chi connectivity index (χ3v) is 1.69. The molecule has 3 nitrogen and oxygen atoms in total. The van der Waals surface area contributed by atoms with Crippen LogP contribution in [0.5, 0.6) is 0 Å². The van der Waals surface area contributed by atoms with E-state index in [1.807, 2.05) is 25.1 Å². The normalized spacial score (nSPS) is 10.4. The Labute approximate surface area is 70.0 Å². The molecule has 0 radical (unpaired) electrons. The van der Waals surface area contributed by atoms with Crippen molar-refractivity contribution in [2.24, 2.45) is 0 Å². The highest BCUT2D eigenvalue weighted by Gasteiger charge is 2.06. The van der Waals surface area contributed by atoms with Gasteiger partial charge in [-0.2, -0.15) is 0 Å². The smallest absolute Gasteiger partial charge is 0.202 e. The predicted octanol–water partition coefficient (Wildman–Crippen LogP) is 2.50. The minimum absolute atomic E-state index is 0.692. The van der Waals surface area contributed by atoms with Crippen molar-refractivity contribution in [3.63, 3.8) is 0 Å². The summed E-state index contributed by atoms with van der Waals surface area (Å²) in [5.74, 6) is 1.42. The van der Waals surface area contributed by atoms with E-state index in [9.17, 15) is 0 Å². The van der Waals surface area contributed by atoms with Crippen molar-refractivity contribution in [1.82, 2.24) is 5.16 Å². The van der Waals surface area contributed by atoms with Crippen LogP contribution in [-0.4, -0.2) is 5.16 Å². The third kappa shape index (κ3) is 1.13. The van der Waals surface area contributed by atoms with Gasteiger partial charge in [-0.05, 0) is 18.6 Å². The SMILES string of the molecule is CCc1cc(-c2ccco2)on1. The predicted molar refractivity (Wildman–Crippen MR) is 43.6 cm³/mol. The first-order chi connectivity index (χ1) is 5.90. The van der Waals surface area contributed by atoms with Crippen molar-refractivity contribution < 1.29 is 8.94 Å². The van der Waals surface area contributed by atoms with Gasteiger partial charge in [0.1, 0.15) is 0 Å². The van der Waals surface area contributed by atoms with Crippen molar-refractivity contribution in [2.75, 3.05) is 0 Å². The maximum Gasteiger partial charge on any atom is 0.202 e. The van der Waals surface area contributed by atoms with Crippen LogP contribution >= 0.6 is 0 Å². The maximum atomic E-state index is 5.14. The third-order valence-electron chi connectivity index (χ3n) is 1.69. The van der Waals surface area contributed by atoms with Crippen LogP contribution in [0.3, 0.4) is 0 Å². The van der Waals surface area contributed by atoms with Crippen LogP contribution in [0.15, 0.2) is 33.4 Å². The molecule has 2 rings (SSSR count). The van der Waals surface area contributed by atoms with E-state index in [1.54, 1.807) is 6.26 Å². The molecule has 0 aliphatic carbocycles. The van der Waals surface area contributed by atoms with Gasteiger partial charge in [-0.3, -0.25) is 0 Å². The molecule has 0 fully saturated rings. The molecule has 0 atom stereocenters. The van der Waals surface area contributed by atoms with E-state index < -0.39 is 0 Å². The Morgan fingerprint density at radius 2 is 2.33 bits per heavy atom. The Kier molecular flexibility index (Phi) is 1.70. The molecule has 0 amide bonds. The van der Waals surface area contributed by atoms with Gasteiger partial charge in [-0.1, -0.05) is 12.1 Å². The van der Waals surface area contributed by atoms with Crippen LogP contribution in [0.4, 0.5) is 0 Å². The first-order valence-corrected chi connectivity index (χ1v) is 3.89. The molecule has 2 heterocycles. The topological polar surface area (TPSA) is 39.2 Å². The summed E-state index contributed by atoms with van der Waals surface area (Å²) in [5.41, 5.74) is 0.946. The zero-order valence-corrected chi connectivity index (χ0v) is 6.78. The quantitative estimate of drug-likeness (QED) is 0.682. The molecule has 2 aromatic heterocycles. The van der Waals surface area contributed by atoms with E-state index in [0.717, 1.165) is 17.9 Å². The summed E-state index contributed by atoms with van der Waals surface area (Å²) in [4.78, 5) is 0. The Morgan fingerprint density at radius 3 is 2.92 bits per heavy atom. The zero-order chi connectivity index (χ0) is 8.39. The van der Waals surface area contributed by atoms with Crippen molar-refractivity contribution in [2.45, 2.75) is 13.3 Å². The molecule has 0 aliphatic heterocycles. The van der Waals surface area contributed by atoms with Crippen LogP contribution < -0.4 is 0 Å². The monoisotopic (exact) mass is 163 g/mol. The second-order valence-corrected chi connectivity index (χ2v) is 2.51. The molecule has 2 aromatic rings. The first-order valence-electron chi connectivity index (χ1n) is 3.89. The van der Waals surface area contributed by atoms with Gasteiger partial charge in [0, 0.05) is 6.07 Å². The first kappa shape index (κ1) is 7.16. The largest absolute Gasteiger partial charge is 0.461 e. The minimum atomic E-state index is 0.692. The number of aryl methyl sites for hydroxylation is 1. The molecule has 0 saturated carbocycles. The standard InChI is InChI=1S/C9H9NO2/c1-2-7-6-9(12-10-7)8-4-3-5-11-8/h3-6H,2H2,1H3. The highest BCUT2D eigenvalue weighted by atomic mass is 16.5. The van der Waals surface area contributed by atoms with Crippen LogP contribution in [0.25, 0.3) is 11.5 Å². The second kappa shape index (κ2) is 2.85. The van der Waals surface area contributed by atoms with Gasteiger partial charge < -0.3 is 8.94 Å². The minimum Gasteiger partial charge on any atom is -0.461 e. The maximum absolute atomic E-state index is 5.14. The van der Waals surface area contributed by atoms with Gasteiger partial charge >= 0.3 is 0 Å². The lowest BCUT2D eigenvalue weighted by Crippen LogP contribution is -1.73. The molecule has 0 aromatic carbocycles. The van der Waals surface area contributed by atoms with Crippen molar-refractivity contribution >= 4 is 0 Å². The van der Waals surface area contributed by atoms with E-state index in [1.165, 1.54) is 0 Å². The molecule has 0 aliphatic rings. The number of aromatic nitrogens is 1. The molecule has 0 spiro atoms. The van der Waals surface area contributed by atoms with Gasteiger partial charge in [0.25, 0.3) is 0 Å².